The van der Waals surface area contributed by atoms with Crippen molar-refractivity contribution in [3.63, 3.8) is 0 Å². The summed E-state index contributed by atoms with van der Waals surface area (Å²) in [6, 6.07) is 1.88. The number of ether oxygens (including phenoxy) is 1. The maximum absolute atomic E-state index is 11.5. The van der Waals surface area contributed by atoms with Crippen molar-refractivity contribution >= 4 is 5.91 Å². The van der Waals surface area contributed by atoms with Crippen LogP contribution < -0.4 is 0 Å². The van der Waals surface area contributed by atoms with Crippen molar-refractivity contribution in [3.8, 4) is 6.07 Å². The van der Waals surface area contributed by atoms with E-state index >= 15 is 0 Å². The SMILES string of the molecule is CC1(C)CN(C(=O)CC#N)CCCO1. The van der Waals surface area contributed by atoms with Gasteiger partial charge in [-0.3, -0.25) is 4.79 Å². The van der Waals surface area contributed by atoms with Crippen LogP contribution >= 0.6 is 0 Å². The molecule has 0 aromatic heterocycles. The Bertz CT molecular complexity index is 255. The van der Waals surface area contributed by atoms with E-state index in [0.29, 0.717) is 19.7 Å². The lowest BCUT2D eigenvalue weighted by molar-refractivity contribution is -0.132. The first kappa shape index (κ1) is 11.0. The molecule has 0 aromatic carbocycles. The summed E-state index contributed by atoms with van der Waals surface area (Å²) in [6.07, 6.45) is 0.816. The van der Waals surface area contributed by atoms with E-state index in [-0.39, 0.29) is 17.9 Å². The third-order valence-corrected chi connectivity index (χ3v) is 2.22. The maximum atomic E-state index is 11.5. The molecule has 0 N–H and O–H groups in total. The summed E-state index contributed by atoms with van der Waals surface area (Å²) in [5.41, 5.74) is -0.290. The Morgan fingerprint density at radius 1 is 1.64 bits per heavy atom. The van der Waals surface area contributed by atoms with Crippen LogP contribution in [0.2, 0.25) is 0 Å². The molecule has 1 amide bonds. The van der Waals surface area contributed by atoms with Gasteiger partial charge >= 0.3 is 0 Å². The number of nitriles is 1. The van der Waals surface area contributed by atoms with Crippen LogP contribution in [0.25, 0.3) is 0 Å². The molecule has 78 valence electrons. The van der Waals surface area contributed by atoms with E-state index in [1.807, 2.05) is 19.9 Å². The van der Waals surface area contributed by atoms with Crippen molar-refractivity contribution in [1.29, 1.82) is 5.26 Å². The number of hydrogen-bond acceptors (Lipinski definition) is 3. The van der Waals surface area contributed by atoms with Gasteiger partial charge in [0.25, 0.3) is 0 Å². The van der Waals surface area contributed by atoms with Gasteiger partial charge in [0.1, 0.15) is 6.42 Å². The first-order valence-corrected chi connectivity index (χ1v) is 4.84. The number of carbonyl (C=O) groups is 1. The molecule has 0 unspecified atom stereocenters. The molecule has 4 nitrogen and oxygen atoms in total. The van der Waals surface area contributed by atoms with Crippen molar-refractivity contribution in [2.24, 2.45) is 0 Å². The molecule has 0 bridgehead atoms. The molecule has 1 heterocycles. The van der Waals surface area contributed by atoms with E-state index in [1.165, 1.54) is 0 Å². The summed E-state index contributed by atoms with van der Waals surface area (Å²) in [5.74, 6) is -0.0916. The van der Waals surface area contributed by atoms with Crippen LogP contribution in [0.5, 0.6) is 0 Å². The third kappa shape index (κ3) is 3.00. The summed E-state index contributed by atoms with van der Waals surface area (Å²) < 4.78 is 5.57. The highest BCUT2D eigenvalue weighted by Crippen LogP contribution is 2.16. The quantitative estimate of drug-likeness (QED) is 0.626. The maximum Gasteiger partial charge on any atom is 0.236 e. The molecular weight excluding hydrogens is 180 g/mol. The number of hydrogen-bond donors (Lipinski definition) is 0. The van der Waals surface area contributed by atoms with Crippen LogP contribution in [0.4, 0.5) is 0 Å². The second-order valence-corrected chi connectivity index (χ2v) is 4.11. The highest BCUT2D eigenvalue weighted by molar-refractivity contribution is 5.78. The minimum absolute atomic E-state index is 0.0317. The van der Waals surface area contributed by atoms with Gasteiger partial charge < -0.3 is 9.64 Å². The monoisotopic (exact) mass is 196 g/mol. The lowest BCUT2D eigenvalue weighted by Crippen LogP contribution is -2.41. The first-order valence-electron chi connectivity index (χ1n) is 4.84. The number of nitrogens with zero attached hydrogens (tertiary/aromatic N) is 2. The number of rotatable bonds is 1. The highest BCUT2D eigenvalue weighted by atomic mass is 16.5. The van der Waals surface area contributed by atoms with Gasteiger partial charge in [-0.15, -0.1) is 0 Å². The van der Waals surface area contributed by atoms with Crippen molar-refractivity contribution < 1.29 is 9.53 Å². The summed E-state index contributed by atoms with van der Waals surface area (Å²) >= 11 is 0. The molecule has 0 spiro atoms. The van der Waals surface area contributed by atoms with Crippen LogP contribution in [-0.4, -0.2) is 36.1 Å². The third-order valence-electron chi connectivity index (χ3n) is 2.22. The van der Waals surface area contributed by atoms with E-state index in [0.717, 1.165) is 6.42 Å². The molecule has 0 saturated carbocycles. The number of amides is 1. The Kier molecular flexibility index (Phi) is 3.48. The minimum Gasteiger partial charge on any atom is -0.374 e. The van der Waals surface area contributed by atoms with Crippen molar-refractivity contribution in [3.05, 3.63) is 0 Å². The summed E-state index contributed by atoms with van der Waals surface area (Å²) in [5, 5.41) is 8.44. The summed E-state index contributed by atoms with van der Waals surface area (Å²) in [7, 11) is 0. The molecule has 1 rings (SSSR count). The second kappa shape index (κ2) is 4.43. The van der Waals surface area contributed by atoms with Gasteiger partial charge in [0.05, 0.1) is 11.7 Å². The smallest absolute Gasteiger partial charge is 0.236 e. The molecule has 0 atom stereocenters. The molecule has 1 aliphatic heterocycles. The van der Waals surface area contributed by atoms with Crippen LogP contribution in [0, 0.1) is 11.3 Å². The van der Waals surface area contributed by atoms with E-state index in [1.54, 1.807) is 4.90 Å². The average Bonchev–Trinajstić information content (AvgIpc) is 2.27. The van der Waals surface area contributed by atoms with Gasteiger partial charge in [0.2, 0.25) is 5.91 Å². The Morgan fingerprint density at radius 2 is 2.36 bits per heavy atom. The standard InChI is InChI=1S/C10H16N2O2/c1-10(2)8-12(6-3-7-14-10)9(13)4-5-11/h3-4,6-8H2,1-2H3. The van der Waals surface area contributed by atoms with E-state index < -0.39 is 0 Å². The molecule has 0 radical (unpaired) electrons. The Hall–Kier alpha value is -1.08. The van der Waals surface area contributed by atoms with E-state index in [2.05, 4.69) is 0 Å². The fraction of sp³-hybridized carbons (Fsp3) is 0.800. The zero-order valence-electron chi connectivity index (χ0n) is 8.75. The first-order chi connectivity index (χ1) is 6.55. The Morgan fingerprint density at radius 3 is 3.00 bits per heavy atom. The van der Waals surface area contributed by atoms with Crippen molar-refractivity contribution in [2.75, 3.05) is 19.7 Å². The van der Waals surface area contributed by atoms with Gasteiger partial charge in [-0.2, -0.15) is 5.26 Å². The lowest BCUT2D eigenvalue weighted by atomic mass is 10.1. The van der Waals surface area contributed by atoms with Gasteiger partial charge in [0, 0.05) is 19.7 Å². The molecule has 0 aromatic rings. The zero-order valence-corrected chi connectivity index (χ0v) is 8.75. The summed E-state index contributed by atoms with van der Waals surface area (Å²) in [4.78, 5) is 13.2. The highest BCUT2D eigenvalue weighted by Gasteiger charge is 2.27. The summed E-state index contributed by atoms with van der Waals surface area (Å²) in [6.45, 7) is 5.89. The molecule has 0 aliphatic carbocycles. The van der Waals surface area contributed by atoms with E-state index in [4.69, 9.17) is 10.00 Å². The van der Waals surface area contributed by atoms with E-state index in [9.17, 15) is 4.79 Å². The fourth-order valence-corrected chi connectivity index (χ4v) is 1.58. The van der Waals surface area contributed by atoms with Gasteiger partial charge in [0.15, 0.2) is 0 Å². The van der Waals surface area contributed by atoms with Crippen LogP contribution in [-0.2, 0) is 9.53 Å². The second-order valence-electron chi connectivity index (χ2n) is 4.11. The van der Waals surface area contributed by atoms with Crippen LogP contribution in [0.3, 0.4) is 0 Å². The van der Waals surface area contributed by atoms with Gasteiger partial charge in [-0.25, -0.2) is 0 Å². The van der Waals surface area contributed by atoms with Crippen LogP contribution in [0.15, 0.2) is 0 Å². The molecule has 1 aliphatic rings. The van der Waals surface area contributed by atoms with Crippen LogP contribution in [0.1, 0.15) is 26.7 Å². The van der Waals surface area contributed by atoms with Crippen molar-refractivity contribution in [1.82, 2.24) is 4.90 Å². The van der Waals surface area contributed by atoms with Crippen molar-refractivity contribution in [2.45, 2.75) is 32.3 Å². The van der Waals surface area contributed by atoms with Gasteiger partial charge in [-0.1, -0.05) is 0 Å². The largest absolute Gasteiger partial charge is 0.374 e. The normalized spacial score (nSPS) is 21.1. The zero-order chi connectivity index (χ0) is 10.6. The fourth-order valence-electron chi connectivity index (χ4n) is 1.58. The molecular formula is C10H16N2O2. The molecule has 14 heavy (non-hydrogen) atoms. The predicted octanol–water partition coefficient (Wildman–Crippen LogP) is 0.928. The lowest BCUT2D eigenvalue weighted by Gasteiger charge is -2.28. The van der Waals surface area contributed by atoms with Gasteiger partial charge in [-0.05, 0) is 20.3 Å². The minimum atomic E-state index is -0.290. The molecule has 1 fully saturated rings. The Balaban J connectivity index is 2.60. The Labute approximate surface area is 84.4 Å². The average molecular weight is 196 g/mol. The number of carbonyl (C=O) groups excluding carboxylic acids is 1. The molecule has 1 saturated heterocycles. The topological polar surface area (TPSA) is 53.3 Å². The predicted molar refractivity (Wildman–Crippen MR) is 51.5 cm³/mol. The molecule has 4 heteroatoms.